The maximum atomic E-state index is 13.1. The van der Waals surface area contributed by atoms with Crippen molar-refractivity contribution in [1.82, 2.24) is 19.6 Å². The van der Waals surface area contributed by atoms with Crippen LogP contribution >= 0.6 is 0 Å². The second-order valence-electron chi connectivity index (χ2n) is 13.2. The van der Waals surface area contributed by atoms with Crippen LogP contribution in [-0.4, -0.2) is 94.1 Å². The number of rotatable bonds is 10. The van der Waals surface area contributed by atoms with Crippen LogP contribution in [-0.2, 0) is 20.8 Å². The predicted octanol–water partition coefficient (Wildman–Crippen LogP) is 4.59. The molecule has 0 aromatic carbocycles. The van der Waals surface area contributed by atoms with E-state index < -0.39 is 11.7 Å². The van der Waals surface area contributed by atoms with Crippen molar-refractivity contribution in [2.24, 2.45) is 17.8 Å². The molecule has 5 rings (SSSR count). The molecule has 1 unspecified atom stereocenters. The van der Waals surface area contributed by atoms with E-state index in [9.17, 15) is 9.90 Å². The predicted molar refractivity (Wildman–Crippen MR) is 149 cm³/mol. The maximum absolute atomic E-state index is 13.1. The lowest BCUT2D eigenvalue weighted by Gasteiger charge is -2.49. The van der Waals surface area contributed by atoms with Gasteiger partial charge >= 0.3 is 6.09 Å². The SMILES string of the molecule is CO[C@@H]1[C@H](N(C(=O)O)C(c2cnn(C[C@@H]3CCN(C)C3)c2)C(C)C)CC[C@]2(CO2)[C@H]1[C@@]1(C)O[C@@H]1CC=C(C)C. The van der Waals surface area contributed by atoms with Crippen molar-refractivity contribution in [2.75, 3.05) is 33.9 Å². The summed E-state index contributed by atoms with van der Waals surface area (Å²) in [6.45, 7) is 14.3. The van der Waals surface area contributed by atoms with Crippen LogP contribution in [0.2, 0.25) is 0 Å². The lowest BCUT2D eigenvalue weighted by molar-refractivity contribution is -0.102. The van der Waals surface area contributed by atoms with Crippen molar-refractivity contribution >= 4 is 6.09 Å². The van der Waals surface area contributed by atoms with Crippen LogP contribution in [0.5, 0.6) is 0 Å². The molecule has 1 N–H and O–H groups in total. The largest absolute Gasteiger partial charge is 0.465 e. The van der Waals surface area contributed by atoms with E-state index in [0.29, 0.717) is 18.9 Å². The zero-order chi connectivity index (χ0) is 28.1. The van der Waals surface area contributed by atoms with Crippen molar-refractivity contribution in [2.45, 2.75) is 102 Å². The van der Waals surface area contributed by atoms with E-state index in [-0.39, 0.29) is 41.7 Å². The molecule has 9 heteroatoms. The number of amides is 1. The van der Waals surface area contributed by atoms with Crippen LogP contribution < -0.4 is 0 Å². The van der Waals surface area contributed by atoms with E-state index in [1.165, 1.54) is 12.0 Å². The number of epoxide rings is 2. The third-order valence-electron chi connectivity index (χ3n) is 9.70. The third-order valence-corrected chi connectivity index (χ3v) is 9.70. The molecule has 4 heterocycles. The first kappa shape index (κ1) is 28.6. The Morgan fingerprint density at radius 3 is 2.67 bits per heavy atom. The minimum absolute atomic E-state index is 0.0407. The summed E-state index contributed by atoms with van der Waals surface area (Å²) in [6, 6.07) is -0.633. The number of hydrogen-bond acceptors (Lipinski definition) is 6. The highest BCUT2D eigenvalue weighted by Gasteiger charge is 2.72. The van der Waals surface area contributed by atoms with Crippen molar-refractivity contribution in [1.29, 1.82) is 0 Å². The Hall–Kier alpha value is -1.94. The third kappa shape index (κ3) is 5.52. The quantitative estimate of drug-likeness (QED) is 0.340. The fraction of sp³-hybridized carbons (Fsp3) is 0.800. The van der Waals surface area contributed by atoms with Gasteiger partial charge in [-0.15, -0.1) is 0 Å². The minimum Gasteiger partial charge on any atom is -0.465 e. The average molecular weight is 545 g/mol. The van der Waals surface area contributed by atoms with Crippen molar-refractivity contribution in [3.05, 3.63) is 29.6 Å². The molecule has 8 atom stereocenters. The van der Waals surface area contributed by atoms with Crippen molar-refractivity contribution in [3.8, 4) is 0 Å². The molecule has 1 aliphatic carbocycles. The summed E-state index contributed by atoms with van der Waals surface area (Å²) >= 11 is 0. The number of allylic oxidation sites excluding steroid dienone is 1. The highest BCUT2D eigenvalue weighted by Crippen LogP contribution is 2.60. The zero-order valence-corrected chi connectivity index (χ0v) is 24.8. The van der Waals surface area contributed by atoms with E-state index in [2.05, 4.69) is 63.9 Å². The molecular weight excluding hydrogens is 496 g/mol. The van der Waals surface area contributed by atoms with Gasteiger partial charge in [-0.3, -0.25) is 9.58 Å². The zero-order valence-electron chi connectivity index (χ0n) is 24.8. The number of aromatic nitrogens is 2. The maximum Gasteiger partial charge on any atom is 0.408 e. The number of hydrogen-bond donors (Lipinski definition) is 1. The molecule has 1 spiro atoms. The van der Waals surface area contributed by atoms with Gasteiger partial charge in [-0.1, -0.05) is 25.5 Å². The van der Waals surface area contributed by atoms with Gasteiger partial charge in [0.25, 0.3) is 0 Å². The normalized spacial score (nSPS) is 36.8. The van der Waals surface area contributed by atoms with Gasteiger partial charge in [-0.25, -0.2) is 4.79 Å². The summed E-state index contributed by atoms with van der Waals surface area (Å²) in [4.78, 5) is 17.1. The molecule has 0 bridgehead atoms. The summed E-state index contributed by atoms with van der Waals surface area (Å²) < 4.78 is 20.7. The van der Waals surface area contributed by atoms with E-state index in [1.54, 1.807) is 12.0 Å². The lowest BCUT2D eigenvalue weighted by Crippen LogP contribution is -2.61. The van der Waals surface area contributed by atoms with Crippen LogP contribution in [0.3, 0.4) is 0 Å². The molecule has 4 fully saturated rings. The molecule has 9 nitrogen and oxygen atoms in total. The second kappa shape index (κ2) is 10.8. The number of carbonyl (C=O) groups is 1. The standard InChI is InChI=1S/C30H48N4O5/c1-19(2)8-9-24-29(5,39-24)27-26(37-7)23(10-12-30(27)18-38-30)34(28(35)36)25(20(3)4)22-14-31-33(17-22)16-21-11-13-32(6)15-21/h8,14,17,20-21,23-27H,9-13,15-16,18H2,1-7H3,(H,35,36)/t21-,23-,24-,25?,26-,27-,29+,30+/m1/s1. The van der Waals surface area contributed by atoms with Crippen LogP contribution in [0.4, 0.5) is 4.79 Å². The Morgan fingerprint density at radius 1 is 1.36 bits per heavy atom. The van der Waals surface area contributed by atoms with Gasteiger partial charge in [0.1, 0.15) is 5.60 Å². The van der Waals surface area contributed by atoms with E-state index in [0.717, 1.165) is 38.0 Å². The van der Waals surface area contributed by atoms with Gasteiger partial charge in [0.15, 0.2) is 0 Å². The summed E-state index contributed by atoms with van der Waals surface area (Å²) in [7, 11) is 3.87. The topological polar surface area (TPSA) is 95.9 Å². The van der Waals surface area contributed by atoms with E-state index in [1.807, 2.05) is 10.9 Å². The van der Waals surface area contributed by atoms with E-state index in [4.69, 9.17) is 14.2 Å². The van der Waals surface area contributed by atoms with Crippen LogP contribution in [0, 0.1) is 17.8 Å². The molecule has 1 saturated carbocycles. The molecule has 1 aromatic rings. The van der Waals surface area contributed by atoms with Gasteiger partial charge in [0.05, 0.1) is 42.7 Å². The van der Waals surface area contributed by atoms with Gasteiger partial charge < -0.3 is 24.2 Å². The fourth-order valence-corrected chi connectivity index (χ4v) is 7.67. The van der Waals surface area contributed by atoms with Crippen molar-refractivity contribution < 1.29 is 24.1 Å². The Balaban J connectivity index is 1.41. The van der Waals surface area contributed by atoms with Gasteiger partial charge in [0.2, 0.25) is 0 Å². The molecule has 3 saturated heterocycles. The van der Waals surface area contributed by atoms with Crippen molar-refractivity contribution in [3.63, 3.8) is 0 Å². The molecule has 4 aliphatic rings. The fourth-order valence-electron chi connectivity index (χ4n) is 7.67. The Labute approximate surface area is 233 Å². The number of likely N-dealkylation sites (tertiary alicyclic amines) is 1. The summed E-state index contributed by atoms with van der Waals surface area (Å²) in [6.07, 6.45) is 8.51. The second-order valence-corrected chi connectivity index (χ2v) is 13.2. The molecular formula is C30H48N4O5. The van der Waals surface area contributed by atoms with Crippen LogP contribution in [0.25, 0.3) is 0 Å². The first-order valence-corrected chi connectivity index (χ1v) is 14.7. The first-order chi connectivity index (χ1) is 18.5. The monoisotopic (exact) mass is 544 g/mol. The summed E-state index contributed by atoms with van der Waals surface area (Å²) in [5.41, 5.74) is 1.52. The highest BCUT2D eigenvalue weighted by molar-refractivity contribution is 5.66. The number of methoxy groups -OCH3 is 1. The highest BCUT2D eigenvalue weighted by atomic mass is 16.6. The van der Waals surface area contributed by atoms with Gasteiger partial charge in [-0.05, 0) is 71.9 Å². The molecule has 3 aliphatic heterocycles. The van der Waals surface area contributed by atoms with E-state index >= 15 is 0 Å². The molecule has 39 heavy (non-hydrogen) atoms. The molecule has 1 amide bonds. The average Bonchev–Trinajstić information content (AvgIpc) is 3.65. The molecule has 218 valence electrons. The molecule has 0 radical (unpaired) electrons. The number of ether oxygens (including phenoxy) is 3. The smallest absolute Gasteiger partial charge is 0.408 e. The Morgan fingerprint density at radius 2 is 2.10 bits per heavy atom. The Bertz CT molecular complexity index is 1060. The van der Waals surface area contributed by atoms with Crippen LogP contribution in [0.15, 0.2) is 24.0 Å². The summed E-state index contributed by atoms with van der Waals surface area (Å²) in [5, 5.41) is 15.4. The minimum atomic E-state index is -0.916. The van der Waals surface area contributed by atoms with Gasteiger partial charge in [-0.2, -0.15) is 5.10 Å². The lowest BCUT2D eigenvalue weighted by atomic mass is 9.67. The summed E-state index contributed by atoms with van der Waals surface area (Å²) in [5.74, 6) is 0.598. The molecule has 1 aromatic heterocycles. The van der Waals surface area contributed by atoms with Crippen LogP contribution in [0.1, 0.15) is 71.9 Å². The number of carboxylic acid groups (broad SMARTS) is 1. The van der Waals surface area contributed by atoms with Gasteiger partial charge in [0, 0.05) is 37.9 Å². The number of nitrogens with zero attached hydrogens (tertiary/aromatic N) is 4. The Kier molecular flexibility index (Phi) is 7.92. The first-order valence-electron chi connectivity index (χ1n) is 14.7.